The van der Waals surface area contributed by atoms with E-state index < -0.39 is 5.91 Å². The molecular formula is C20H20N4O4. The van der Waals surface area contributed by atoms with Crippen molar-refractivity contribution in [2.24, 2.45) is 0 Å². The lowest BCUT2D eigenvalue weighted by molar-refractivity contribution is -0.114. The molecular weight excluding hydrogens is 360 g/mol. The first kappa shape index (κ1) is 19.1. The molecule has 0 bridgehead atoms. The monoisotopic (exact) mass is 380 g/mol. The van der Waals surface area contributed by atoms with Crippen LogP contribution in [0.2, 0.25) is 0 Å². The first-order valence-corrected chi connectivity index (χ1v) is 8.70. The van der Waals surface area contributed by atoms with Crippen LogP contribution in [0.5, 0.6) is 5.75 Å². The summed E-state index contributed by atoms with van der Waals surface area (Å²) in [7, 11) is 0. The fourth-order valence-electron chi connectivity index (χ4n) is 2.52. The minimum Gasteiger partial charge on any atom is -0.483 e. The lowest BCUT2D eigenvalue weighted by Crippen LogP contribution is -2.26. The van der Waals surface area contributed by atoms with E-state index in [1.807, 2.05) is 37.3 Å². The van der Waals surface area contributed by atoms with Crippen molar-refractivity contribution in [1.82, 2.24) is 15.5 Å². The van der Waals surface area contributed by atoms with Crippen molar-refractivity contribution in [1.29, 1.82) is 0 Å². The maximum atomic E-state index is 12.3. The second kappa shape index (κ2) is 8.81. The SMILES string of the molecule is CC(=O)Nc1ccccc1OCc1noc(C(=O)NC(C)c2ccccc2)n1. The maximum absolute atomic E-state index is 12.3. The third kappa shape index (κ3) is 4.94. The summed E-state index contributed by atoms with van der Waals surface area (Å²) in [5, 5.41) is 9.25. The Hall–Kier alpha value is -3.68. The molecule has 1 unspecified atom stereocenters. The summed E-state index contributed by atoms with van der Waals surface area (Å²) in [6.07, 6.45) is 0. The zero-order valence-electron chi connectivity index (χ0n) is 15.5. The van der Waals surface area contributed by atoms with Crippen LogP contribution in [0, 0.1) is 0 Å². The van der Waals surface area contributed by atoms with Crippen LogP contribution in [-0.2, 0) is 11.4 Å². The van der Waals surface area contributed by atoms with Gasteiger partial charge in [-0.1, -0.05) is 47.6 Å². The Kier molecular flexibility index (Phi) is 6.01. The second-order valence-electron chi connectivity index (χ2n) is 6.09. The zero-order valence-corrected chi connectivity index (χ0v) is 15.5. The molecule has 0 spiro atoms. The van der Waals surface area contributed by atoms with Gasteiger partial charge >= 0.3 is 11.8 Å². The van der Waals surface area contributed by atoms with Gasteiger partial charge in [0.25, 0.3) is 0 Å². The number of carbonyl (C=O) groups excluding carboxylic acids is 2. The molecule has 2 amide bonds. The zero-order chi connectivity index (χ0) is 19.9. The third-order valence-corrected chi connectivity index (χ3v) is 3.86. The Labute approximate surface area is 161 Å². The highest BCUT2D eigenvalue weighted by atomic mass is 16.5. The number of hydrogen-bond donors (Lipinski definition) is 2. The molecule has 1 atom stereocenters. The molecule has 0 aliphatic carbocycles. The number of nitrogens with one attached hydrogen (secondary N) is 2. The number of para-hydroxylation sites is 2. The highest BCUT2D eigenvalue weighted by molar-refractivity contribution is 5.90. The van der Waals surface area contributed by atoms with Gasteiger partial charge in [0.05, 0.1) is 11.7 Å². The van der Waals surface area contributed by atoms with E-state index in [2.05, 4.69) is 20.8 Å². The Morgan fingerprint density at radius 1 is 1.11 bits per heavy atom. The molecule has 0 aliphatic heterocycles. The molecule has 3 aromatic rings. The fourth-order valence-corrected chi connectivity index (χ4v) is 2.52. The lowest BCUT2D eigenvalue weighted by atomic mass is 10.1. The van der Waals surface area contributed by atoms with Gasteiger partial charge < -0.3 is 19.9 Å². The van der Waals surface area contributed by atoms with Crippen LogP contribution in [0.3, 0.4) is 0 Å². The van der Waals surface area contributed by atoms with Gasteiger partial charge in [-0.25, -0.2) is 0 Å². The van der Waals surface area contributed by atoms with Gasteiger partial charge in [-0.15, -0.1) is 0 Å². The lowest BCUT2D eigenvalue weighted by Gasteiger charge is -2.12. The third-order valence-electron chi connectivity index (χ3n) is 3.86. The molecule has 8 nitrogen and oxygen atoms in total. The number of rotatable bonds is 7. The first-order chi connectivity index (χ1) is 13.5. The van der Waals surface area contributed by atoms with Crippen LogP contribution in [-0.4, -0.2) is 22.0 Å². The molecule has 0 radical (unpaired) electrons. The minimum atomic E-state index is -0.464. The average molecular weight is 380 g/mol. The van der Waals surface area contributed by atoms with Gasteiger partial charge in [0.15, 0.2) is 6.61 Å². The van der Waals surface area contributed by atoms with Gasteiger partial charge in [0.1, 0.15) is 5.75 Å². The number of hydrogen-bond acceptors (Lipinski definition) is 6. The maximum Gasteiger partial charge on any atom is 0.316 e. The topological polar surface area (TPSA) is 106 Å². The number of anilines is 1. The van der Waals surface area contributed by atoms with Crippen molar-refractivity contribution in [3.05, 3.63) is 71.9 Å². The molecule has 1 heterocycles. The van der Waals surface area contributed by atoms with E-state index in [1.165, 1.54) is 6.92 Å². The Morgan fingerprint density at radius 2 is 1.82 bits per heavy atom. The summed E-state index contributed by atoms with van der Waals surface area (Å²) in [4.78, 5) is 27.6. The molecule has 8 heteroatoms. The van der Waals surface area contributed by atoms with Crippen LogP contribution in [0.1, 0.15) is 42.0 Å². The summed E-state index contributed by atoms with van der Waals surface area (Å²) >= 11 is 0. The van der Waals surface area contributed by atoms with E-state index in [4.69, 9.17) is 9.26 Å². The largest absolute Gasteiger partial charge is 0.483 e. The Bertz CT molecular complexity index is 956. The van der Waals surface area contributed by atoms with Gasteiger partial charge in [-0.3, -0.25) is 9.59 Å². The van der Waals surface area contributed by atoms with Crippen molar-refractivity contribution >= 4 is 17.5 Å². The predicted octanol–water partition coefficient (Wildman–Crippen LogP) is 3.10. The van der Waals surface area contributed by atoms with Gasteiger partial charge in [0, 0.05) is 6.92 Å². The average Bonchev–Trinajstić information content (AvgIpc) is 3.17. The number of carbonyl (C=O) groups is 2. The number of ether oxygens (including phenoxy) is 1. The number of amides is 2. The van der Waals surface area contributed by atoms with E-state index in [0.29, 0.717) is 11.4 Å². The highest BCUT2D eigenvalue weighted by Gasteiger charge is 2.18. The number of benzene rings is 2. The first-order valence-electron chi connectivity index (χ1n) is 8.70. The molecule has 0 saturated carbocycles. The molecule has 144 valence electrons. The Balaban J connectivity index is 1.60. The molecule has 0 fully saturated rings. The number of aromatic nitrogens is 2. The van der Waals surface area contributed by atoms with Crippen LogP contribution < -0.4 is 15.4 Å². The second-order valence-corrected chi connectivity index (χ2v) is 6.09. The molecule has 0 saturated heterocycles. The molecule has 28 heavy (non-hydrogen) atoms. The van der Waals surface area contributed by atoms with Crippen molar-refractivity contribution in [2.45, 2.75) is 26.5 Å². The van der Waals surface area contributed by atoms with Crippen molar-refractivity contribution < 1.29 is 18.8 Å². The van der Waals surface area contributed by atoms with Crippen LogP contribution >= 0.6 is 0 Å². The van der Waals surface area contributed by atoms with Gasteiger partial charge in [-0.2, -0.15) is 4.98 Å². The molecule has 3 rings (SSSR count). The van der Waals surface area contributed by atoms with Crippen molar-refractivity contribution in [2.75, 3.05) is 5.32 Å². The summed E-state index contributed by atoms with van der Waals surface area (Å²) in [5.74, 6) is -0.131. The summed E-state index contributed by atoms with van der Waals surface area (Å²) < 4.78 is 10.7. The predicted molar refractivity (Wildman–Crippen MR) is 102 cm³/mol. The summed E-state index contributed by atoms with van der Waals surface area (Å²) in [6, 6.07) is 16.3. The minimum absolute atomic E-state index is 0.0123. The molecule has 0 aliphatic rings. The van der Waals surface area contributed by atoms with Crippen LogP contribution in [0.4, 0.5) is 5.69 Å². The van der Waals surface area contributed by atoms with E-state index in [-0.39, 0.29) is 30.3 Å². The summed E-state index contributed by atoms with van der Waals surface area (Å²) in [6.45, 7) is 3.27. The standard InChI is InChI=1S/C20H20N4O4/c1-13(15-8-4-3-5-9-15)21-19(26)20-23-18(24-28-20)12-27-17-11-7-6-10-16(17)22-14(2)25/h3-11,13H,12H2,1-2H3,(H,21,26)(H,22,25). The molecule has 2 N–H and O–H groups in total. The smallest absolute Gasteiger partial charge is 0.316 e. The van der Waals surface area contributed by atoms with E-state index in [1.54, 1.807) is 24.3 Å². The van der Waals surface area contributed by atoms with Crippen molar-refractivity contribution in [3.8, 4) is 5.75 Å². The quantitative estimate of drug-likeness (QED) is 0.652. The summed E-state index contributed by atoms with van der Waals surface area (Å²) in [5.41, 5.74) is 1.50. The Morgan fingerprint density at radius 3 is 2.57 bits per heavy atom. The van der Waals surface area contributed by atoms with Gasteiger partial charge in [0.2, 0.25) is 11.7 Å². The molecule has 2 aromatic carbocycles. The van der Waals surface area contributed by atoms with E-state index in [9.17, 15) is 9.59 Å². The van der Waals surface area contributed by atoms with Gasteiger partial charge in [-0.05, 0) is 24.6 Å². The fraction of sp³-hybridized carbons (Fsp3) is 0.200. The molecule has 1 aromatic heterocycles. The van der Waals surface area contributed by atoms with Crippen LogP contribution in [0.25, 0.3) is 0 Å². The van der Waals surface area contributed by atoms with E-state index >= 15 is 0 Å². The van der Waals surface area contributed by atoms with Crippen molar-refractivity contribution in [3.63, 3.8) is 0 Å². The van der Waals surface area contributed by atoms with Crippen LogP contribution in [0.15, 0.2) is 59.1 Å². The number of nitrogens with zero attached hydrogens (tertiary/aromatic N) is 2. The van der Waals surface area contributed by atoms with E-state index in [0.717, 1.165) is 5.56 Å². The highest BCUT2D eigenvalue weighted by Crippen LogP contribution is 2.24. The normalized spacial score (nSPS) is 11.5.